The molecule has 58 valence electrons. The maximum Gasteiger partial charge on any atom is 0.118 e. The predicted molar refractivity (Wildman–Crippen MR) is 41.7 cm³/mol. The lowest BCUT2D eigenvalue weighted by atomic mass is 10.2. The maximum absolute atomic E-state index is 5.13. The van der Waals surface area contributed by atoms with Crippen LogP contribution in [0.3, 0.4) is 0 Å². The van der Waals surface area contributed by atoms with E-state index >= 15 is 0 Å². The second kappa shape index (κ2) is 2.55. The van der Waals surface area contributed by atoms with Crippen LogP contribution in [0.2, 0.25) is 0 Å². The largest absolute Gasteiger partial charge is 0.497 e. The molecule has 1 fully saturated rings. The zero-order valence-electron chi connectivity index (χ0n) is 6.41. The normalized spacial score (nSPS) is 21.4. The Hall–Kier alpha value is -1.02. The van der Waals surface area contributed by atoms with E-state index in [1.807, 2.05) is 24.3 Å². The quantitative estimate of drug-likeness (QED) is 0.599. The highest BCUT2D eigenvalue weighted by Gasteiger charge is 2.24. The fraction of sp³-hybridized carbons (Fsp3) is 0.333. The van der Waals surface area contributed by atoms with Crippen molar-refractivity contribution in [2.24, 2.45) is 0 Å². The van der Waals surface area contributed by atoms with Gasteiger partial charge >= 0.3 is 0 Å². The Morgan fingerprint density at radius 2 is 2.00 bits per heavy atom. The number of ether oxygens (including phenoxy) is 2. The molecule has 1 atom stereocenters. The standard InChI is InChI=1S/C9H10O2/c1-10-8-4-2-7(3-5-8)9-6-11-9/h2-5,9H,6H2,1H3. The van der Waals surface area contributed by atoms with Gasteiger partial charge in [0.25, 0.3) is 0 Å². The van der Waals surface area contributed by atoms with Crippen molar-refractivity contribution >= 4 is 0 Å². The molecular weight excluding hydrogens is 140 g/mol. The highest BCUT2D eigenvalue weighted by Crippen LogP contribution is 2.30. The van der Waals surface area contributed by atoms with Crippen LogP contribution in [0.25, 0.3) is 0 Å². The molecule has 2 nitrogen and oxygen atoms in total. The van der Waals surface area contributed by atoms with E-state index in [9.17, 15) is 0 Å². The van der Waals surface area contributed by atoms with Crippen LogP contribution in [0.1, 0.15) is 11.7 Å². The summed E-state index contributed by atoms with van der Waals surface area (Å²) < 4.78 is 10.2. The van der Waals surface area contributed by atoms with Crippen molar-refractivity contribution in [3.8, 4) is 5.75 Å². The molecule has 1 unspecified atom stereocenters. The first-order valence-electron chi connectivity index (χ1n) is 3.66. The Bertz CT molecular complexity index is 236. The van der Waals surface area contributed by atoms with Gasteiger partial charge in [-0.1, -0.05) is 12.1 Å². The number of hydrogen-bond donors (Lipinski definition) is 0. The molecule has 2 heteroatoms. The van der Waals surface area contributed by atoms with Gasteiger partial charge in [0.2, 0.25) is 0 Å². The first-order valence-corrected chi connectivity index (χ1v) is 3.66. The summed E-state index contributed by atoms with van der Waals surface area (Å²) >= 11 is 0. The Morgan fingerprint density at radius 1 is 1.36 bits per heavy atom. The lowest BCUT2D eigenvalue weighted by molar-refractivity contribution is 0.409. The molecule has 0 N–H and O–H groups in total. The van der Waals surface area contributed by atoms with Gasteiger partial charge in [0.15, 0.2) is 0 Å². The first-order chi connectivity index (χ1) is 5.40. The Balaban J connectivity index is 2.19. The summed E-state index contributed by atoms with van der Waals surface area (Å²) in [4.78, 5) is 0. The SMILES string of the molecule is COc1ccc(C2CO2)cc1. The molecular formula is C9H10O2. The third-order valence-corrected chi connectivity index (χ3v) is 1.82. The van der Waals surface area contributed by atoms with Gasteiger partial charge in [-0.3, -0.25) is 0 Å². The summed E-state index contributed by atoms with van der Waals surface area (Å²) in [6.07, 6.45) is 0.348. The number of epoxide rings is 1. The van der Waals surface area contributed by atoms with Gasteiger partial charge < -0.3 is 9.47 Å². The number of hydrogen-bond acceptors (Lipinski definition) is 2. The van der Waals surface area contributed by atoms with Crippen LogP contribution in [0.4, 0.5) is 0 Å². The minimum absolute atomic E-state index is 0.348. The molecule has 1 aliphatic heterocycles. The molecule has 0 radical (unpaired) electrons. The monoisotopic (exact) mass is 150 g/mol. The van der Waals surface area contributed by atoms with E-state index < -0.39 is 0 Å². The third kappa shape index (κ3) is 1.35. The second-order valence-corrected chi connectivity index (χ2v) is 2.60. The summed E-state index contributed by atoms with van der Waals surface area (Å²) in [5, 5.41) is 0. The molecule has 1 aromatic carbocycles. The van der Waals surface area contributed by atoms with E-state index in [-0.39, 0.29) is 0 Å². The summed E-state index contributed by atoms with van der Waals surface area (Å²) in [5.74, 6) is 0.898. The molecule has 1 aliphatic rings. The van der Waals surface area contributed by atoms with Crippen molar-refractivity contribution in [1.82, 2.24) is 0 Å². The van der Waals surface area contributed by atoms with E-state index in [1.54, 1.807) is 7.11 Å². The van der Waals surface area contributed by atoms with Crippen molar-refractivity contribution in [1.29, 1.82) is 0 Å². The van der Waals surface area contributed by atoms with Gasteiger partial charge in [-0.15, -0.1) is 0 Å². The molecule has 0 bridgehead atoms. The van der Waals surface area contributed by atoms with E-state index in [4.69, 9.17) is 9.47 Å². The minimum atomic E-state index is 0.348. The molecule has 0 amide bonds. The lowest BCUT2D eigenvalue weighted by Crippen LogP contribution is -1.83. The number of rotatable bonds is 2. The van der Waals surface area contributed by atoms with Crippen molar-refractivity contribution < 1.29 is 9.47 Å². The fourth-order valence-corrected chi connectivity index (χ4v) is 1.06. The summed E-state index contributed by atoms with van der Waals surface area (Å²) in [6.45, 7) is 0.867. The molecule has 11 heavy (non-hydrogen) atoms. The second-order valence-electron chi connectivity index (χ2n) is 2.60. The summed E-state index contributed by atoms with van der Waals surface area (Å²) in [6, 6.07) is 7.99. The number of methoxy groups -OCH3 is 1. The van der Waals surface area contributed by atoms with Crippen molar-refractivity contribution in [2.45, 2.75) is 6.10 Å². The Kier molecular flexibility index (Phi) is 1.55. The maximum atomic E-state index is 5.13. The molecule has 0 saturated carbocycles. The van der Waals surface area contributed by atoms with Crippen LogP contribution in [0.15, 0.2) is 24.3 Å². The average molecular weight is 150 g/mol. The molecule has 0 aliphatic carbocycles. The van der Waals surface area contributed by atoms with Crippen molar-refractivity contribution in [3.63, 3.8) is 0 Å². The minimum Gasteiger partial charge on any atom is -0.497 e. The fourth-order valence-electron chi connectivity index (χ4n) is 1.06. The van der Waals surface area contributed by atoms with Gasteiger partial charge in [0.05, 0.1) is 13.7 Å². The van der Waals surface area contributed by atoms with E-state index in [2.05, 4.69) is 0 Å². The molecule has 2 rings (SSSR count). The van der Waals surface area contributed by atoms with Crippen LogP contribution in [0.5, 0.6) is 5.75 Å². The van der Waals surface area contributed by atoms with Crippen molar-refractivity contribution in [2.75, 3.05) is 13.7 Å². The summed E-state index contributed by atoms with van der Waals surface area (Å²) in [5.41, 5.74) is 1.24. The lowest BCUT2D eigenvalue weighted by Gasteiger charge is -1.99. The van der Waals surface area contributed by atoms with Gasteiger partial charge in [-0.2, -0.15) is 0 Å². The smallest absolute Gasteiger partial charge is 0.118 e. The zero-order valence-corrected chi connectivity index (χ0v) is 6.41. The van der Waals surface area contributed by atoms with Gasteiger partial charge in [-0.05, 0) is 17.7 Å². The molecule has 1 saturated heterocycles. The van der Waals surface area contributed by atoms with Crippen LogP contribution in [-0.2, 0) is 4.74 Å². The van der Waals surface area contributed by atoms with E-state index in [0.717, 1.165) is 12.4 Å². The van der Waals surface area contributed by atoms with E-state index in [0.29, 0.717) is 6.10 Å². The highest BCUT2D eigenvalue weighted by atomic mass is 16.6. The molecule has 0 spiro atoms. The third-order valence-electron chi connectivity index (χ3n) is 1.82. The van der Waals surface area contributed by atoms with Gasteiger partial charge in [0.1, 0.15) is 11.9 Å². The Labute approximate surface area is 65.7 Å². The molecule has 0 aromatic heterocycles. The van der Waals surface area contributed by atoms with Crippen LogP contribution in [-0.4, -0.2) is 13.7 Å². The average Bonchev–Trinajstić information content (AvgIpc) is 2.87. The Morgan fingerprint density at radius 3 is 2.45 bits per heavy atom. The van der Waals surface area contributed by atoms with Crippen LogP contribution < -0.4 is 4.74 Å². The first kappa shape index (κ1) is 6.68. The number of benzene rings is 1. The topological polar surface area (TPSA) is 21.8 Å². The predicted octanol–water partition coefficient (Wildman–Crippen LogP) is 1.77. The highest BCUT2D eigenvalue weighted by molar-refractivity contribution is 5.29. The molecule has 1 heterocycles. The summed E-state index contributed by atoms with van der Waals surface area (Å²) in [7, 11) is 1.67. The van der Waals surface area contributed by atoms with E-state index in [1.165, 1.54) is 5.56 Å². The molecule has 1 aromatic rings. The van der Waals surface area contributed by atoms with Gasteiger partial charge in [0, 0.05) is 0 Å². The van der Waals surface area contributed by atoms with Crippen LogP contribution >= 0.6 is 0 Å². The van der Waals surface area contributed by atoms with Crippen molar-refractivity contribution in [3.05, 3.63) is 29.8 Å². The zero-order chi connectivity index (χ0) is 7.68. The van der Waals surface area contributed by atoms with Gasteiger partial charge in [-0.25, -0.2) is 0 Å². The van der Waals surface area contributed by atoms with Crippen LogP contribution in [0, 0.1) is 0 Å².